The minimum absolute atomic E-state index is 0.173. The van der Waals surface area contributed by atoms with E-state index in [0.717, 1.165) is 26.1 Å². The predicted molar refractivity (Wildman–Crippen MR) is 71.0 cm³/mol. The van der Waals surface area contributed by atoms with Gasteiger partial charge in [0.05, 0.1) is 0 Å². The van der Waals surface area contributed by atoms with E-state index in [1.807, 2.05) is 13.8 Å². The molecule has 0 bridgehead atoms. The standard InChI is InChI=1S/C14H30O3/c1-5-7-9-11-15-13(3)17-14(4)16-12-10-8-6-2/h13-14H,5-12H2,1-4H3. The normalized spacial score (nSPS) is 14.8. The van der Waals surface area contributed by atoms with Crippen LogP contribution in [0.5, 0.6) is 0 Å². The zero-order chi connectivity index (χ0) is 12.9. The Hall–Kier alpha value is -0.120. The van der Waals surface area contributed by atoms with Crippen molar-refractivity contribution >= 4 is 0 Å². The van der Waals surface area contributed by atoms with Gasteiger partial charge in [-0.15, -0.1) is 0 Å². The highest BCUT2D eigenvalue weighted by atomic mass is 16.8. The van der Waals surface area contributed by atoms with Crippen molar-refractivity contribution in [3.05, 3.63) is 0 Å². The van der Waals surface area contributed by atoms with Crippen LogP contribution in [-0.2, 0) is 14.2 Å². The molecule has 3 nitrogen and oxygen atoms in total. The first-order valence-corrected chi connectivity index (χ1v) is 7.09. The maximum atomic E-state index is 5.57. The first kappa shape index (κ1) is 16.9. The number of hydrogen-bond donors (Lipinski definition) is 0. The van der Waals surface area contributed by atoms with Crippen LogP contribution in [0.1, 0.15) is 66.2 Å². The van der Waals surface area contributed by atoms with Crippen LogP contribution in [-0.4, -0.2) is 25.8 Å². The Bertz CT molecular complexity index is 134. The fraction of sp³-hybridized carbons (Fsp3) is 1.00. The molecule has 3 heteroatoms. The van der Waals surface area contributed by atoms with E-state index in [1.165, 1.54) is 25.7 Å². The van der Waals surface area contributed by atoms with E-state index in [9.17, 15) is 0 Å². The summed E-state index contributed by atoms with van der Waals surface area (Å²) < 4.78 is 16.6. The highest BCUT2D eigenvalue weighted by Gasteiger charge is 2.08. The van der Waals surface area contributed by atoms with Crippen molar-refractivity contribution in [1.82, 2.24) is 0 Å². The number of rotatable bonds is 12. The quantitative estimate of drug-likeness (QED) is 0.383. The van der Waals surface area contributed by atoms with Crippen LogP contribution in [0.25, 0.3) is 0 Å². The Morgan fingerprint density at radius 2 is 1.12 bits per heavy atom. The molecule has 0 radical (unpaired) electrons. The molecule has 0 aromatic carbocycles. The summed E-state index contributed by atoms with van der Waals surface area (Å²) in [4.78, 5) is 0. The van der Waals surface area contributed by atoms with Gasteiger partial charge in [0.1, 0.15) is 0 Å². The summed E-state index contributed by atoms with van der Waals surface area (Å²) in [7, 11) is 0. The van der Waals surface area contributed by atoms with Crippen molar-refractivity contribution in [3.8, 4) is 0 Å². The first-order chi connectivity index (χ1) is 8.20. The molecule has 0 aromatic rings. The monoisotopic (exact) mass is 246 g/mol. The fourth-order valence-corrected chi connectivity index (χ4v) is 1.55. The average molecular weight is 246 g/mol. The Morgan fingerprint density at radius 3 is 1.47 bits per heavy atom. The molecular weight excluding hydrogens is 216 g/mol. The molecule has 2 atom stereocenters. The fourth-order valence-electron chi connectivity index (χ4n) is 1.55. The largest absolute Gasteiger partial charge is 0.353 e. The molecule has 0 amide bonds. The van der Waals surface area contributed by atoms with E-state index in [4.69, 9.17) is 14.2 Å². The van der Waals surface area contributed by atoms with Gasteiger partial charge in [0.15, 0.2) is 12.6 Å². The second-order valence-electron chi connectivity index (χ2n) is 4.43. The molecule has 0 heterocycles. The Balaban J connectivity index is 3.35. The molecule has 2 unspecified atom stereocenters. The molecule has 0 aliphatic carbocycles. The van der Waals surface area contributed by atoms with Crippen molar-refractivity contribution in [1.29, 1.82) is 0 Å². The zero-order valence-corrected chi connectivity index (χ0v) is 12.0. The molecule has 0 saturated carbocycles. The van der Waals surface area contributed by atoms with Gasteiger partial charge in [-0.2, -0.15) is 0 Å². The summed E-state index contributed by atoms with van der Waals surface area (Å²) in [6.07, 6.45) is 6.74. The van der Waals surface area contributed by atoms with Gasteiger partial charge < -0.3 is 14.2 Å². The van der Waals surface area contributed by atoms with Gasteiger partial charge in [0, 0.05) is 13.2 Å². The van der Waals surface area contributed by atoms with Crippen LogP contribution in [0, 0.1) is 0 Å². The third kappa shape index (κ3) is 12.1. The molecule has 0 spiro atoms. The molecule has 0 aromatic heterocycles. The van der Waals surface area contributed by atoms with E-state index in [2.05, 4.69) is 13.8 Å². The van der Waals surface area contributed by atoms with E-state index in [0.29, 0.717) is 0 Å². The molecule has 104 valence electrons. The molecule has 0 aliphatic rings. The van der Waals surface area contributed by atoms with Gasteiger partial charge in [-0.25, -0.2) is 0 Å². The Morgan fingerprint density at radius 1 is 0.706 bits per heavy atom. The zero-order valence-electron chi connectivity index (χ0n) is 12.0. The second-order valence-corrected chi connectivity index (χ2v) is 4.43. The summed E-state index contributed by atoms with van der Waals surface area (Å²) >= 11 is 0. The van der Waals surface area contributed by atoms with Crippen molar-refractivity contribution < 1.29 is 14.2 Å². The summed E-state index contributed by atoms with van der Waals surface area (Å²) in [5, 5.41) is 0. The van der Waals surface area contributed by atoms with Crippen molar-refractivity contribution in [2.45, 2.75) is 78.8 Å². The summed E-state index contributed by atoms with van der Waals surface area (Å²) in [6.45, 7) is 9.78. The topological polar surface area (TPSA) is 27.7 Å². The van der Waals surface area contributed by atoms with E-state index < -0.39 is 0 Å². The lowest BCUT2D eigenvalue weighted by molar-refractivity contribution is -0.231. The molecule has 0 aliphatic heterocycles. The lowest BCUT2D eigenvalue weighted by atomic mass is 10.3. The van der Waals surface area contributed by atoms with Crippen LogP contribution < -0.4 is 0 Å². The van der Waals surface area contributed by atoms with Crippen LogP contribution in [0.4, 0.5) is 0 Å². The number of unbranched alkanes of at least 4 members (excludes halogenated alkanes) is 4. The molecule has 0 fully saturated rings. The van der Waals surface area contributed by atoms with Gasteiger partial charge in [-0.1, -0.05) is 39.5 Å². The smallest absolute Gasteiger partial charge is 0.157 e. The third-order valence-electron chi connectivity index (χ3n) is 2.58. The summed E-state index contributed by atoms with van der Waals surface area (Å²) in [6, 6.07) is 0. The molecule has 0 rings (SSSR count). The first-order valence-electron chi connectivity index (χ1n) is 7.09. The van der Waals surface area contributed by atoms with Gasteiger partial charge in [-0.05, 0) is 26.7 Å². The van der Waals surface area contributed by atoms with E-state index in [1.54, 1.807) is 0 Å². The number of hydrogen-bond acceptors (Lipinski definition) is 3. The van der Waals surface area contributed by atoms with Gasteiger partial charge in [-0.3, -0.25) is 0 Å². The van der Waals surface area contributed by atoms with Crippen molar-refractivity contribution in [2.24, 2.45) is 0 Å². The maximum absolute atomic E-state index is 5.57. The second kappa shape index (κ2) is 12.3. The summed E-state index contributed by atoms with van der Waals surface area (Å²) in [5.74, 6) is 0. The predicted octanol–water partition coefficient (Wildman–Crippen LogP) is 4.11. The maximum Gasteiger partial charge on any atom is 0.157 e. The summed E-state index contributed by atoms with van der Waals surface area (Å²) in [5.41, 5.74) is 0. The number of ether oxygens (including phenoxy) is 3. The van der Waals surface area contributed by atoms with Crippen LogP contribution in [0.2, 0.25) is 0 Å². The Kier molecular flexibility index (Phi) is 12.3. The molecule has 0 saturated heterocycles. The van der Waals surface area contributed by atoms with Gasteiger partial charge in [0.25, 0.3) is 0 Å². The minimum Gasteiger partial charge on any atom is -0.353 e. The molecule has 17 heavy (non-hydrogen) atoms. The van der Waals surface area contributed by atoms with Crippen molar-refractivity contribution in [2.75, 3.05) is 13.2 Å². The third-order valence-corrected chi connectivity index (χ3v) is 2.58. The van der Waals surface area contributed by atoms with E-state index >= 15 is 0 Å². The lowest BCUT2D eigenvalue weighted by Gasteiger charge is -2.19. The van der Waals surface area contributed by atoms with Crippen LogP contribution in [0.3, 0.4) is 0 Å². The minimum atomic E-state index is -0.173. The van der Waals surface area contributed by atoms with Gasteiger partial charge >= 0.3 is 0 Å². The van der Waals surface area contributed by atoms with E-state index in [-0.39, 0.29) is 12.6 Å². The van der Waals surface area contributed by atoms with Crippen molar-refractivity contribution in [3.63, 3.8) is 0 Å². The lowest BCUT2D eigenvalue weighted by Crippen LogP contribution is -2.23. The van der Waals surface area contributed by atoms with Gasteiger partial charge in [0.2, 0.25) is 0 Å². The average Bonchev–Trinajstić information content (AvgIpc) is 2.30. The molecular formula is C14H30O3. The Labute approximate surface area is 107 Å². The highest BCUT2D eigenvalue weighted by Crippen LogP contribution is 2.05. The van der Waals surface area contributed by atoms with Crippen LogP contribution in [0.15, 0.2) is 0 Å². The van der Waals surface area contributed by atoms with Crippen LogP contribution >= 0.6 is 0 Å². The SMILES string of the molecule is CCCCCOC(C)OC(C)OCCCCC. The molecule has 0 N–H and O–H groups in total. The highest BCUT2D eigenvalue weighted by molar-refractivity contribution is 4.41.